The number of ether oxygens (including phenoxy) is 1. The van der Waals surface area contributed by atoms with Crippen molar-refractivity contribution in [2.75, 3.05) is 11.5 Å². The molecule has 0 aliphatic rings. The van der Waals surface area contributed by atoms with Crippen LogP contribution < -0.4 is 16.2 Å². The van der Waals surface area contributed by atoms with Gasteiger partial charge in [-0.05, 0) is 24.3 Å². The Kier molecular flexibility index (Phi) is 3.56. The Hall–Kier alpha value is -3.02. The fraction of sp³-hybridized carbons (Fsp3) is 0. The number of hydrogen-bond donors (Lipinski definition) is 3. The lowest BCUT2D eigenvalue weighted by Gasteiger charge is -2.09. The van der Waals surface area contributed by atoms with Crippen molar-refractivity contribution in [2.24, 2.45) is 0 Å². The molecule has 102 valence electrons. The van der Waals surface area contributed by atoms with Crippen molar-refractivity contribution >= 4 is 23.6 Å². The zero-order valence-corrected chi connectivity index (χ0v) is 10.4. The number of nitrogen functional groups attached to an aromatic ring is 2. The highest BCUT2D eigenvalue weighted by atomic mass is 16.5. The van der Waals surface area contributed by atoms with Gasteiger partial charge in [0.2, 0.25) is 0 Å². The molecular formula is C14H12N2O4. The number of benzene rings is 2. The quantitative estimate of drug-likeness (QED) is 0.439. The Balaban J connectivity index is 2.50. The first-order valence-corrected chi connectivity index (χ1v) is 5.66. The van der Waals surface area contributed by atoms with Crippen LogP contribution in [0.3, 0.4) is 0 Å². The van der Waals surface area contributed by atoms with Crippen LogP contribution in [0.5, 0.6) is 11.5 Å². The molecule has 0 amide bonds. The Morgan fingerprint density at radius 2 is 1.65 bits per heavy atom. The van der Waals surface area contributed by atoms with E-state index in [2.05, 4.69) is 0 Å². The van der Waals surface area contributed by atoms with Crippen LogP contribution in [0.1, 0.15) is 15.9 Å². The maximum Gasteiger partial charge on any atom is 0.298 e. The predicted octanol–water partition coefficient (Wildman–Crippen LogP) is 1.32. The number of ketones is 1. The summed E-state index contributed by atoms with van der Waals surface area (Å²) < 4.78 is 4.74. The zero-order chi connectivity index (χ0) is 14.7. The number of carbonyl (C=O) groups excluding carboxylic acids is 2. The van der Waals surface area contributed by atoms with E-state index in [-0.39, 0.29) is 29.1 Å². The van der Waals surface area contributed by atoms with E-state index >= 15 is 0 Å². The Morgan fingerprint density at radius 1 is 1.05 bits per heavy atom. The summed E-state index contributed by atoms with van der Waals surface area (Å²) in [6, 6.07) is 8.44. The van der Waals surface area contributed by atoms with Gasteiger partial charge in [-0.2, -0.15) is 0 Å². The van der Waals surface area contributed by atoms with Crippen LogP contribution in [0.15, 0.2) is 36.4 Å². The lowest BCUT2D eigenvalue weighted by atomic mass is 10.0. The average Bonchev–Trinajstić information content (AvgIpc) is 2.38. The molecule has 0 saturated carbocycles. The molecule has 0 aliphatic heterocycles. The molecule has 0 heterocycles. The maximum atomic E-state index is 12.3. The van der Waals surface area contributed by atoms with Crippen molar-refractivity contribution in [3.05, 3.63) is 47.5 Å². The first-order valence-electron chi connectivity index (χ1n) is 5.66. The van der Waals surface area contributed by atoms with Gasteiger partial charge < -0.3 is 21.3 Å². The average molecular weight is 272 g/mol. The highest BCUT2D eigenvalue weighted by Crippen LogP contribution is 2.28. The minimum atomic E-state index is -0.501. The van der Waals surface area contributed by atoms with Crippen molar-refractivity contribution in [1.82, 2.24) is 0 Å². The zero-order valence-electron chi connectivity index (χ0n) is 10.4. The van der Waals surface area contributed by atoms with Gasteiger partial charge >= 0.3 is 0 Å². The van der Waals surface area contributed by atoms with E-state index < -0.39 is 5.78 Å². The van der Waals surface area contributed by atoms with Gasteiger partial charge in [-0.15, -0.1) is 0 Å². The van der Waals surface area contributed by atoms with Gasteiger partial charge in [-0.3, -0.25) is 9.59 Å². The number of phenolic OH excluding ortho intramolecular Hbond substituents is 1. The summed E-state index contributed by atoms with van der Waals surface area (Å²) in [5.74, 6) is -0.718. The first kappa shape index (κ1) is 13.4. The number of aromatic hydroxyl groups is 1. The molecule has 0 fully saturated rings. The third kappa shape index (κ3) is 2.54. The molecule has 0 spiro atoms. The van der Waals surface area contributed by atoms with Gasteiger partial charge in [0.25, 0.3) is 6.47 Å². The van der Waals surface area contributed by atoms with E-state index in [1.807, 2.05) is 0 Å². The molecule has 2 rings (SSSR count). The van der Waals surface area contributed by atoms with Crippen molar-refractivity contribution in [3.63, 3.8) is 0 Å². The Labute approximate surface area is 114 Å². The summed E-state index contributed by atoms with van der Waals surface area (Å²) >= 11 is 0. The van der Waals surface area contributed by atoms with Crippen molar-refractivity contribution in [3.8, 4) is 11.5 Å². The van der Waals surface area contributed by atoms with Crippen LogP contribution in [0, 0.1) is 0 Å². The summed E-state index contributed by atoms with van der Waals surface area (Å²) in [7, 11) is 0. The summed E-state index contributed by atoms with van der Waals surface area (Å²) in [6.07, 6.45) is 0. The molecule has 2 aromatic rings. The van der Waals surface area contributed by atoms with Crippen LogP contribution in [0.4, 0.5) is 11.4 Å². The van der Waals surface area contributed by atoms with Crippen molar-refractivity contribution in [1.29, 1.82) is 0 Å². The van der Waals surface area contributed by atoms with E-state index in [0.29, 0.717) is 11.4 Å². The summed E-state index contributed by atoms with van der Waals surface area (Å²) in [4.78, 5) is 22.8. The molecule has 2 aromatic carbocycles. The Bertz CT molecular complexity index is 683. The van der Waals surface area contributed by atoms with E-state index in [1.54, 1.807) is 0 Å². The second-order valence-electron chi connectivity index (χ2n) is 4.08. The van der Waals surface area contributed by atoms with Gasteiger partial charge in [0, 0.05) is 23.5 Å². The molecule has 6 heteroatoms. The number of hydrogen-bond acceptors (Lipinski definition) is 6. The van der Waals surface area contributed by atoms with Crippen LogP contribution in [0.25, 0.3) is 0 Å². The lowest BCUT2D eigenvalue weighted by Crippen LogP contribution is -2.06. The van der Waals surface area contributed by atoms with Gasteiger partial charge in [-0.1, -0.05) is 0 Å². The highest BCUT2D eigenvalue weighted by Gasteiger charge is 2.18. The molecule has 5 N–H and O–H groups in total. The first-order chi connectivity index (χ1) is 9.52. The Morgan fingerprint density at radius 3 is 2.25 bits per heavy atom. The fourth-order valence-corrected chi connectivity index (χ4v) is 1.76. The van der Waals surface area contributed by atoms with Gasteiger partial charge in [-0.25, -0.2) is 0 Å². The molecular weight excluding hydrogens is 260 g/mol. The summed E-state index contributed by atoms with van der Waals surface area (Å²) in [5.41, 5.74) is 11.9. The number of carbonyl (C=O) groups is 2. The third-order valence-corrected chi connectivity index (χ3v) is 2.69. The SMILES string of the molecule is Nc1ccc(C(=O)c2ccc(N)cc2OC=O)c(O)c1. The van der Waals surface area contributed by atoms with Crippen LogP contribution >= 0.6 is 0 Å². The van der Waals surface area contributed by atoms with Crippen LogP contribution in [-0.2, 0) is 4.79 Å². The molecule has 0 aromatic heterocycles. The second kappa shape index (κ2) is 5.31. The molecule has 0 saturated heterocycles. The van der Waals surface area contributed by atoms with E-state index in [4.69, 9.17) is 16.2 Å². The number of rotatable bonds is 4. The molecule has 0 radical (unpaired) electrons. The van der Waals surface area contributed by atoms with Crippen molar-refractivity contribution < 1.29 is 19.4 Å². The second-order valence-corrected chi connectivity index (χ2v) is 4.08. The minimum absolute atomic E-state index is 0.0289. The molecule has 20 heavy (non-hydrogen) atoms. The molecule has 0 atom stereocenters. The maximum absolute atomic E-state index is 12.3. The number of anilines is 2. The summed E-state index contributed by atoms with van der Waals surface area (Å²) in [5, 5.41) is 9.76. The number of nitrogens with two attached hydrogens (primary N) is 2. The van der Waals surface area contributed by atoms with E-state index in [9.17, 15) is 14.7 Å². The monoisotopic (exact) mass is 272 g/mol. The predicted molar refractivity (Wildman–Crippen MR) is 73.5 cm³/mol. The minimum Gasteiger partial charge on any atom is -0.507 e. The molecule has 0 bridgehead atoms. The number of phenols is 1. The topological polar surface area (TPSA) is 116 Å². The van der Waals surface area contributed by atoms with Crippen molar-refractivity contribution in [2.45, 2.75) is 0 Å². The third-order valence-electron chi connectivity index (χ3n) is 2.69. The van der Waals surface area contributed by atoms with E-state index in [1.165, 1.54) is 36.4 Å². The van der Waals surface area contributed by atoms with Crippen LogP contribution in [0.2, 0.25) is 0 Å². The van der Waals surface area contributed by atoms with Gasteiger partial charge in [0.05, 0.1) is 11.1 Å². The summed E-state index contributed by atoms with van der Waals surface area (Å²) in [6.45, 7) is 0.203. The van der Waals surface area contributed by atoms with Crippen LogP contribution in [-0.4, -0.2) is 17.4 Å². The normalized spacial score (nSPS) is 10.0. The standard InChI is InChI=1S/C14H12N2O4/c15-8-1-3-10(12(18)5-8)14(19)11-4-2-9(16)6-13(11)20-7-17/h1-7,18H,15-16H2. The highest BCUT2D eigenvalue weighted by molar-refractivity contribution is 6.12. The fourth-order valence-electron chi connectivity index (χ4n) is 1.76. The largest absolute Gasteiger partial charge is 0.507 e. The molecule has 6 nitrogen and oxygen atoms in total. The van der Waals surface area contributed by atoms with Gasteiger partial charge in [0.15, 0.2) is 5.78 Å². The molecule has 0 aliphatic carbocycles. The lowest BCUT2D eigenvalue weighted by molar-refractivity contribution is -0.120. The van der Waals surface area contributed by atoms with E-state index in [0.717, 1.165) is 0 Å². The smallest absolute Gasteiger partial charge is 0.298 e. The van der Waals surface area contributed by atoms with Gasteiger partial charge in [0.1, 0.15) is 11.5 Å². The molecule has 0 unspecified atom stereocenters.